The molecule has 2 fully saturated rings. The molecule has 0 bridgehead atoms. The van der Waals surface area contributed by atoms with Gasteiger partial charge in [-0.3, -0.25) is 25.0 Å². The SMILES string of the molecule is O=C(CNC1CCC(=O)NC1=O)NCC1CC1. The zero-order valence-electron chi connectivity index (χ0n) is 9.62. The highest BCUT2D eigenvalue weighted by Gasteiger charge is 2.26. The smallest absolute Gasteiger partial charge is 0.243 e. The van der Waals surface area contributed by atoms with Crippen LogP contribution >= 0.6 is 0 Å². The minimum absolute atomic E-state index is 0.0957. The van der Waals surface area contributed by atoms with Crippen LogP contribution in [0.2, 0.25) is 0 Å². The zero-order chi connectivity index (χ0) is 12.3. The molecule has 1 aliphatic carbocycles. The predicted molar refractivity (Wildman–Crippen MR) is 59.9 cm³/mol. The molecule has 0 spiro atoms. The third-order valence-electron chi connectivity index (χ3n) is 3.03. The summed E-state index contributed by atoms with van der Waals surface area (Å²) < 4.78 is 0. The minimum atomic E-state index is -0.431. The Bertz CT molecular complexity index is 339. The summed E-state index contributed by atoms with van der Waals surface area (Å²) in [5.41, 5.74) is 0. The predicted octanol–water partition coefficient (Wildman–Crippen LogP) is -1.09. The molecule has 0 aromatic carbocycles. The van der Waals surface area contributed by atoms with Gasteiger partial charge in [-0.15, -0.1) is 0 Å². The second-order valence-electron chi connectivity index (χ2n) is 4.63. The normalized spacial score (nSPS) is 24.4. The summed E-state index contributed by atoms with van der Waals surface area (Å²) in [7, 11) is 0. The van der Waals surface area contributed by atoms with Gasteiger partial charge in [-0.1, -0.05) is 0 Å². The molecule has 1 aliphatic heterocycles. The van der Waals surface area contributed by atoms with Crippen molar-refractivity contribution in [3.05, 3.63) is 0 Å². The fourth-order valence-corrected chi connectivity index (χ4v) is 1.75. The molecule has 1 unspecified atom stereocenters. The number of hydrogen-bond acceptors (Lipinski definition) is 4. The van der Waals surface area contributed by atoms with Gasteiger partial charge in [0.05, 0.1) is 12.6 Å². The van der Waals surface area contributed by atoms with Gasteiger partial charge in [-0.05, 0) is 25.2 Å². The molecule has 0 aromatic rings. The van der Waals surface area contributed by atoms with E-state index in [4.69, 9.17) is 0 Å². The van der Waals surface area contributed by atoms with Crippen molar-refractivity contribution in [3.8, 4) is 0 Å². The van der Waals surface area contributed by atoms with Gasteiger partial charge in [0.1, 0.15) is 0 Å². The summed E-state index contributed by atoms with van der Waals surface area (Å²) in [5.74, 6) is -0.0290. The van der Waals surface area contributed by atoms with Crippen molar-refractivity contribution in [2.24, 2.45) is 5.92 Å². The molecule has 6 nitrogen and oxygen atoms in total. The molecule has 3 amide bonds. The van der Waals surface area contributed by atoms with Crippen LogP contribution < -0.4 is 16.0 Å². The third kappa shape index (κ3) is 3.81. The summed E-state index contributed by atoms with van der Waals surface area (Å²) in [5, 5.41) is 7.91. The Balaban J connectivity index is 1.64. The van der Waals surface area contributed by atoms with Crippen LogP contribution in [-0.4, -0.2) is 36.9 Å². The summed E-state index contributed by atoms with van der Waals surface area (Å²) in [6.45, 7) is 0.856. The molecule has 94 valence electrons. The van der Waals surface area contributed by atoms with Gasteiger partial charge in [0.25, 0.3) is 0 Å². The number of rotatable bonds is 5. The van der Waals surface area contributed by atoms with E-state index in [2.05, 4.69) is 16.0 Å². The second kappa shape index (κ2) is 5.27. The number of nitrogens with one attached hydrogen (secondary N) is 3. The van der Waals surface area contributed by atoms with Crippen molar-refractivity contribution in [1.29, 1.82) is 0 Å². The van der Waals surface area contributed by atoms with Gasteiger partial charge in [0.2, 0.25) is 17.7 Å². The highest BCUT2D eigenvalue weighted by molar-refractivity contribution is 6.00. The van der Waals surface area contributed by atoms with E-state index in [1.165, 1.54) is 12.8 Å². The quantitative estimate of drug-likeness (QED) is 0.532. The van der Waals surface area contributed by atoms with Crippen LogP contribution in [-0.2, 0) is 14.4 Å². The number of piperidine rings is 1. The average molecular weight is 239 g/mol. The molecule has 1 heterocycles. The highest BCUT2D eigenvalue weighted by atomic mass is 16.2. The number of carbonyl (C=O) groups excluding carboxylic acids is 3. The maximum Gasteiger partial charge on any atom is 0.243 e. The van der Waals surface area contributed by atoms with E-state index in [1.807, 2.05) is 0 Å². The van der Waals surface area contributed by atoms with Gasteiger partial charge in [0, 0.05) is 13.0 Å². The Kier molecular flexibility index (Phi) is 3.73. The number of amides is 3. The fourth-order valence-electron chi connectivity index (χ4n) is 1.75. The van der Waals surface area contributed by atoms with Crippen LogP contribution in [0.4, 0.5) is 0 Å². The largest absolute Gasteiger partial charge is 0.355 e. The first-order chi connectivity index (χ1) is 8.15. The van der Waals surface area contributed by atoms with Gasteiger partial charge < -0.3 is 5.32 Å². The van der Waals surface area contributed by atoms with E-state index >= 15 is 0 Å². The van der Waals surface area contributed by atoms with Gasteiger partial charge in [-0.2, -0.15) is 0 Å². The van der Waals surface area contributed by atoms with E-state index in [0.717, 1.165) is 6.54 Å². The molecule has 6 heteroatoms. The summed E-state index contributed by atoms with van der Waals surface area (Å²) in [6.07, 6.45) is 3.18. The summed E-state index contributed by atoms with van der Waals surface area (Å²) in [6, 6.07) is -0.431. The molecular formula is C11H17N3O3. The van der Waals surface area contributed by atoms with Crippen molar-refractivity contribution in [2.45, 2.75) is 31.7 Å². The number of carbonyl (C=O) groups is 3. The second-order valence-corrected chi connectivity index (χ2v) is 4.63. The van der Waals surface area contributed by atoms with E-state index in [9.17, 15) is 14.4 Å². The summed E-state index contributed by atoms with van der Waals surface area (Å²) >= 11 is 0. The zero-order valence-corrected chi connectivity index (χ0v) is 9.62. The standard InChI is InChI=1S/C11H17N3O3/c15-9-4-3-8(11(17)14-9)12-6-10(16)13-5-7-1-2-7/h7-8,12H,1-6H2,(H,13,16)(H,14,15,17). The van der Waals surface area contributed by atoms with Crippen LogP contribution in [0.15, 0.2) is 0 Å². The van der Waals surface area contributed by atoms with E-state index in [0.29, 0.717) is 18.8 Å². The first-order valence-electron chi connectivity index (χ1n) is 5.99. The van der Waals surface area contributed by atoms with Gasteiger partial charge in [-0.25, -0.2) is 0 Å². The van der Waals surface area contributed by atoms with E-state index in [1.54, 1.807) is 0 Å². The Morgan fingerprint density at radius 1 is 1.29 bits per heavy atom. The van der Waals surface area contributed by atoms with E-state index in [-0.39, 0.29) is 24.3 Å². The average Bonchev–Trinajstić information content (AvgIpc) is 3.09. The number of hydrogen-bond donors (Lipinski definition) is 3. The molecular weight excluding hydrogens is 222 g/mol. The van der Waals surface area contributed by atoms with Gasteiger partial charge >= 0.3 is 0 Å². The lowest BCUT2D eigenvalue weighted by Gasteiger charge is -2.21. The highest BCUT2D eigenvalue weighted by Crippen LogP contribution is 2.27. The van der Waals surface area contributed by atoms with Crippen LogP contribution in [0.1, 0.15) is 25.7 Å². The van der Waals surface area contributed by atoms with Crippen molar-refractivity contribution in [1.82, 2.24) is 16.0 Å². The van der Waals surface area contributed by atoms with E-state index < -0.39 is 6.04 Å². The van der Waals surface area contributed by atoms with Crippen molar-refractivity contribution >= 4 is 17.7 Å². The minimum Gasteiger partial charge on any atom is -0.355 e. The van der Waals surface area contributed by atoms with Crippen LogP contribution in [0.25, 0.3) is 0 Å². The Morgan fingerprint density at radius 2 is 2.06 bits per heavy atom. The molecule has 1 saturated carbocycles. The van der Waals surface area contributed by atoms with Crippen molar-refractivity contribution in [3.63, 3.8) is 0 Å². The van der Waals surface area contributed by atoms with Crippen molar-refractivity contribution in [2.75, 3.05) is 13.1 Å². The van der Waals surface area contributed by atoms with Crippen molar-refractivity contribution < 1.29 is 14.4 Å². The molecule has 3 N–H and O–H groups in total. The molecule has 1 saturated heterocycles. The molecule has 2 aliphatic rings. The topological polar surface area (TPSA) is 87.3 Å². The molecule has 2 rings (SSSR count). The summed E-state index contributed by atoms with van der Waals surface area (Å²) in [4.78, 5) is 33.7. The Hall–Kier alpha value is -1.43. The number of imide groups is 1. The lowest BCUT2D eigenvalue weighted by molar-refractivity contribution is -0.134. The molecule has 17 heavy (non-hydrogen) atoms. The Morgan fingerprint density at radius 3 is 2.71 bits per heavy atom. The van der Waals surface area contributed by atoms with Gasteiger partial charge in [0.15, 0.2) is 0 Å². The van der Waals surface area contributed by atoms with Crippen LogP contribution in [0.5, 0.6) is 0 Å². The molecule has 0 radical (unpaired) electrons. The molecule has 1 atom stereocenters. The maximum absolute atomic E-state index is 11.4. The first-order valence-corrected chi connectivity index (χ1v) is 5.99. The fraction of sp³-hybridized carbons (Fsp3) is 0.727. The maximum atomic E-state index is 11.4. The first kappa shape index (κ1) is 12.0. The molecule has 0 aromatic heterocycles. The van der Waals surface area contributed by atoms with Crippen LogP contribution in [0, 0.1) is 5.92 Å². The lowest BCUT2D eigenvalue weighted by atomic mass is 10.1. The lowest BCUT2D eigenvalue weighted by Crippen LogP contribution is -2.52. The monoisotopic (exact) mass is 239 g/mol. The Labute approximate surface area is 99.5 Å². The van der Waals surface area contributed by atoms with Crippen LogP contribution in [0.3, 0.4) is 0 Å². The third-order valence-corrected chi connectivity index (χ3v) is 3.03.